The van der Waals surface area contributed by atoms with E-state index in [-0.39, 0.29) is 0 Å². The fourth-order valence-electron chi connectivity index (χ4n) is 2.51. The number of ether oxygens (including phenoxy) is 1. The highest BCUT2D eigenvalue weighted by Gasteiger charge is 2.09. The van der Waals surface area contributed by atoms with E-state index < -0.39 is 0 Å². The molecule has 3 rings (SSSR count). The molecule has 0 aliphatic heterocycles. The molecule has 1 heterocycles. The summed E-state index contributed by atoms with van der Waals surface area (Å²) < 4.78 is 5.57. The minimum Gasteiger partial charge on any atom is -0.492 e. The first-order valence-electron chi connectivity index (χ1n) is 8.11. The van der Waals surface area contributed by atoms with Crippen molar-refractivity contribution in [2.45, 2.75) is 20.3 Å². The van der Waals surface area contributed by atoms with Gasteiger partial charge in [-0.2, -0.15) is 5.26 Å². The van der Waals surface area contributed by atoms with Gasteiger partial charge in [-0.15, -0.1) is 0 Å². The predicted molar refractivity (Wildman–Crippen MR) is 102 cm³/mol. The molecule has 0 atom stereocenters. The summed E-state index contributed by atoms with van der Waals surface area (Å²) in [6.07, 6.45) is 2.68. The third-order valence-corrected chi connectivity index (χ3v) is 4.04. The summed E-state index contributed by atoms with van der Waals surface area (Å²) in [6.45, 7) is 4.68. The number of hydrogen-bond acceptors (Lipinski definition) is 3. The molecule has 0 bridgehead atoms. The molecular weight excluding hydrogens is 334 g/mol. The van der Waals surface area contributed by atoms with E-state index in [1.165, 1.54) is 0 Å². The molecule has 1 aromatic heterocycles. The summed E-state index contributed by atoms with van der Waals surface area (Å²) in [4.78, 5) is 7.70. The fourth-order valence-corrected chi connectivity index (χ4v) is 2.75. The Morgan fingerprint density at radius 2 is 2.16 bits per heavy atom. The van der Waals surface area contributed by atoms with Gasteiger partial charge in [0, 0.05) is 0 Å². The molecule has 0 amide bonds. The number of fused-ring (bicyclic) bond motifs is 1. The minimum absolute atomic E-state index is 0.451. The summed E-state index contributed by atoms with van der Waals surface area (Å²) in [5.74, 6) is 1.20. The number of nitrogens with one attached hydrogen (secondary N) is 1. The van der Waals surface area contributed by atoms with Crippen LogP contribution >= 0.6 is 11.6 Å². The van der Waals surface area contributed by atoms with Crippen LogP contribution in [-0.4, -0.2) is 16.6 Å². The maximum absolute atomic E-state index is 9.52. The lowest BCUT2D eigenvalue weighted by Gasteiger charge is -2.07. The van der Waals surface area contributed by atoms with Crippen LogP contribution in [0.25, 0.3) is 22.7 Å². The monoisotopic (exact) mass is 351 g/mol. The summed E-state index contributed by atoms with van der Waals surface area (Å²) in [6, 6.07) is 13.6. The fraction of sp³-hybridized carbons (Fsp3) is 0.200. The molecule has 3 aromatic rings. The zero-order chi connectivity index (χ0) is 17.8. The Morgan fingerprint density at radius 1 is 1.32 bits per heavy atom. The molecule has 5 heteroatoms. The lowest BCUT2D eigenvalue weighted by molar-refractivity contribution is 0.317. The van der Waals surface area contributed by atoms with Gasteiger partial charge in [-0.3, -0.25) is 0 Å². The number of nitriles is 1. The van der Waals surface area contributed by atoms with Crippen molar-refractivity contribution in [3.63, 3.8) is 0 Å². The second-order valence-corrected chi connectivity index (χ2v) is 6.22. The minimum atomic E-state index is 0.451. The smallest absolute Gasteiger partial charge is 0.149 e. The highest BCUT2D eigenvalue weighted by Crippen LogP contribution is 2.28. The molecule has 25 heavy (non-hydrogen) atoms. The first-order valence-corrected chi connectivity index (χ1v) is 8.49. The van der Waals surface area contributed by atoms with Gasteiger partial charge in [-0.05, 0) is 54.8 Å². The van der Waals surface area contributed by atoms with Crippen molar-refractivity contribution >= 4 is 34.3 Å². The molecule has 0 saturated heterocycles. The van der Waals surface area contributed by atoms with Crippen LogP contribution in [0.3, 0.4) is 0 Å². The molecule has 0 unspecified atom stereocenters. The van der Waals surface area contributed by atoms with Gasteiger partial charge >= 0.3 is 0 Å². The van der Waals surface area contributed by atoms with E-state index >= 15 is 0 Å². The highest BCUT2D eigenvalue weighted by atomic mass is 35.5. The van der Waals surface area contributed by atoms with Gasteiger partial charge in [0.25, 0.3) is 0 Å². The van der Waals surface area contributed by atoms with Crippen molar-refractivity contribution in [1.82, 2.24) is 9.97 Å². The van der Waals surface area contributed by atoms with E-state index in [4.69, 9.17) is 16.3 Å². The quantitative estimate of drug-likeness (QED) is 0.628. The molecule has 1 N–H and O–H groups in total. The zero-order valence-corrected chi connectivity index (χ0v) is 14.9. The molecule has 0 aliphatic carbocycles. The van der Waals surface area contributed by atoms with Crippen molar-refractivity contribution in [2.24, 2.45) is 0 Å². The van der Waals surface area contributed by atoms with Crippen LogP contribution in [0.2, 0.25) is 5.02 Å². The average molecular weight is 352 g/mol. The Morgan fingerprint density at radius 3 is 2.88 bits per heavy atom. The zero-order valence-electron chi connectivity index (χ0n) is 14.1. The normalized spacial score (nSPS) is 11.5. The number of aromatic nitrogens is 2. The third kappa shape index (κ3) is 3.84. The van der Waals surface area contributed by atoms with Gasteiger partial charge in [-0.1, -0.05) is 30.7 Å². The maximum atomic E-state index is 9.52. The number of imidazole rings is 1. The molecule has 4 nitrogen and oxygen atoms in total. The largest absolute Gasteiger partial charge is 0.492 e. The first-order chi connectivity index (χ1) is 12.1. The molecule has 126 valence electrons. The van der Waals surface area contributed by atoms with E-state index in [9.17, 15) is 5.26 Å². The van der Waals surface area contributed by atoms with E-state index in [1.54, 1.807) is 12.1 Å². The van der Waals surface area contributed by atoms with Crippen LogP contribution < -0.4 is 4.74 Å². The average Bonchev–Trinajstić information content (AvgIpc) is 3.01. The Labute approximate surface area is 151 Å². The summed E-state index contributed by atoms with van der Waals surface area (Å²) in [7, 11) is 0. The number of hydrogen-bond donors (Lipinski definition) is 1. The van der Waals surface area contributed by atoms with Gasteiger partial charge in [0.15, 0.2) is 0 Å². The van der Waals surface area contributed by atoms with Gasteiger partial charge in [0.2, 0.25) is 0 Å². The van der Waals surface area contributed by atoms with E-state index in [2.05, 4.69) is 16.0 Å². The number of benzene rings is 2. The van der Waals surface area contributed by atoms with Crippen LogP contribution in [0.15, 0.2) is 36.4 Å². The molecular formula is C20H18ClN3O. The van der Waals surface area contributed by atoms with Crippen molar-refractivity contribution < 1.29 is 4.74 Å². The van der Waals surface area contributed by atoms with Crippen molar-refractivity contribution in [3.8, 4) is 11.8 Å². The van der Waals surface area contributed by atoms with Crippen LogP contribution in [-0.2, 0) is 0 Å². The van der Waals surface area contributed by atoms with Gasteiger partial charge in [-0.25, -0.2) is 4.98 Å². The number of aromatic amines is 1. The van der Waals surface area contributed by atoms with Crippen LogP contribution in [0.4, 0.5) is 0 Å². The summed E-state index contributed by atoms with van der Waals surface area (Å²) in [5, 5.41) is 10.1. The maximum Gasteiger partial charge on any atom is 0.149 e. The molecule has 0 radical (unpaired) electrons. The summed E-state index contributed by atoms with van der Waals surface area (Å²) in [5.41, 5.74) is 4.16. The Kier molecular flexibility index (Phi) is 5.06. The second-order valence-electron chi connectivity index (χ2n) is 5.81. The van der Waals surface area contributed by atoms with Gasteiger partial charge in [0.05, 0.1) is 28.2 Å². The lowest BCUT2D eigenvalue weighted by Crippen LogP contribution is -1.95. The lowest BCUT2D eigenvalue weighted by atomic mass is 10.1. The van der Waals surface area contributed by atoms with E-state index in [0.717, 1.165) is 28.6 Å². The first kappa shape index (κ1) is 17.1. The van der Waals surface area contributed by atoms with Crippen molar-refractivity contribution in [3.05, 3.63) is 58.4 Å². The van der Waals surface area contributed by atoms with E-state index in [1.807, 2.05) is 44.2 Å². The predicted octanol–water partition coefficient (Wildman–Crippen LogP) is 5.38. The number of H-pyrrole nitrogens is 1. The van der Waals surface area contributed by atoms with Gasteiger partial charge < -0.3 is 9.72 Å². The topological polar surface area (TPSA) is 61.7 Å². The number of nitrogens with zero attached hydrogens (tertiary/aromatic N) is 2. The third-order valence-electron chi connectivity index (χ3n) is 3.74. The van der Waals surface area contributed by atoms with Crippen LogP contribution in [0.5, 0.6) is 5.75 Å². The molecule has 0 fully saturated rings. The molecule has 0 spiro atoms. The molecule has 0 aliphatic rings. The summed E-state index contributed by atoms with van der Waals surface area (Å²) >= 11 is 6.26. The van der Waals surface area contributed by atoms with E-state index in [0.29, 0.717) is 28.8 Å². The second kappa shape index (κ2) is 7.42. The Hall–Kier alpha value is -2.77. The van der Waals surface area contributed by atoms with Crippen LogP contribution in [0.1, 0.15) is 30.3 Å². The standard InChI is InChI=1S/C20H18ClN3O/c1-3-8-25-19-7-5-14(11-16(19)21)10-15(12-22)20-23-17-6-4-13(2)9-18(17)24-20/h4-7,9-11H,3,8H2,1-2H3,(H,23,24)/b15-10-. The van der Waals surface area contributed by atoms with Crippen LogP contribution in [0, 0.1) is 18.3 Å². The van der Waals surface area contributed by atoms with Gasteiger partial charge in [0.1, 0.15) is 17.6 Å². The number of rotatable bonds is 5. The van der Waals surface area contributed by atoms with Crippen molar-refractivity contribution in [2.75, 3.05) is 6.61 Å². The highest BCUT2D eigenvalue weighted by molar-refractivity contribution is 6.32. The molecule has 2 aromatic carbocycles. The SMILES string of the molecule is CCCOc1ccc(/C=C(/C#N)c2nc3ccc(C)cc3[nH]2)cc1Cl. The number of halogens is 1. The number of aryl methyl sites for hydroxylation is 1. The Bertz CT molecular complexity index is 982. The molecule has 0 saturated carbocycles. The number of allylic oxidation sites excluding steroid dienone is 1. The Balaban J connectivity index is 1.94. The van der Waals surface area contributed by atoms with Crippen molar-refractivity contribution in [1.29, 1.82) is 5.26 Å².